The van der Waals surface area contributed by atoms with Gasteiger partial charge in [0.1, 0.15) is 0 Å². The Labute approximate surface area is 63.5 Å². The van der Waals surface area contributed by atoms with Gasteiger partial charge >= 0.3 is 0 Å². The van der Waals surface area contributed by atoms with Crippen molar-refractivity contribution in [3.63, 3.8) is 0 Å². The van der Waals surface area contributed by atoms with E-state index in [4.69, 9.17) is 5.84 Å². The maximum absolute atomic E-state index is 5.17. The van der Waals surface area contributed by atoms with Crippen LogP contribution in [0.25, 0.3) is 0 Å². The second-order valence-corrected chi connectivity index (χ2v) is 3.17. The summed E-state index contributed by atoms with van der Waals surface area (Å²) in [6, 6.07) is 0. The molecule has 0 radical (unpaired) electrons. The lowest BCUT2D eigenvalue weighted by atomic mass is 9.94. The molecule has 0 saturated heterocycles. The van der Waals surface area contributed by atoms with Crippen LogP contribution in [0.5, 0.6) is 0 Å². The minimum absolute atomic E-state index is 0.656. The molecule has 0 bridgehead atoms. The predicted octanol–water partition coefficient (Wildman–Crippen LogP) is 1.65. The minimum Gasteiger partial charge on any atom is -0.329 e. The monoisotopic (exact) mass is 142 g/mol. The molecule has 2 nitrogen and oxygen atoms in total. The molecule has 0 spiro atoms. The summed E-state index contributed by atoms with van der Waals surface area (Å²) in [4.78, 5) is 0. The lowest BCUT2D eigenvalue weighted by Crippen LogP contribution is -2.22. The van der Waals surface area contributed by atoms with E-state index >= 15 is 0 Å². The molecule has 2 heteroatoms. The summed E-state index contributed by atoms with van der Waals surface area (Å²) < 4.78 is 0. The molecule has 0 heterocycles. The van der Waals surface area contributed by atoms with Crippen LogP contribution in [-0.2, 0) is 0 Å². The smallest absolute Gasteiger partial charge is 0.0190 e. The van der Waals surface area contributed by atoms with Gasteiger partial charge in [-0.15, -0.1) is 0 Å². The number of nitrogens with one attached hydrogen (secondary N) is 1. The van der Waals surface area contributed by atoms with Gasteiger partial charge in [0, 0.05) is 5.70 Å². The molecule has 0 aliphatic rings. The van der Waals surface area contributed by atoms with E-state index in [0.717, 1.165) is 12.1 Å². The summed E-state index contributed by atoms with van der Waals surface area (Å²) in [7, 11) is 0. The van der Waals surface area contributed by atoms with E-state index in [2.05, 4.69) is 32.8 Å². The van der Waals surface area contributed by atoms with Crippen molar-refractivity contribution in [3.8, 4) is 0 Å². The maximum atomic E-state index is 5.17. The van der Waals surface area contributed by atoms with E-state index in [0.29, 0.717) is 11.8 Å². The van der Waals surface area contributed by atoms with Crippen molar-refractivity contribution < 1.29 is 0 Å². The van der Waals surface area contributed by atoms with Crippen LogP contribution in [0.2, 0.25) is 0 Å². The Morgan fingerprint density at radius 1 is 1.50 bits per heavy atom. The van der Waals surface area contributed by atoms with Gasteiger partial charge in [0.15, 0.2) is 0 Å². The molecule has 0 saturated carbocycles. The molecule has 10 heavy (non-hydrogen) atoms. The van der Waals surface area contributed by atoms with E-state index < -0.39 is 0 Å². The summed E-state index contributed by atoms with van der Waals surface area (Å²) >= 11 is 0. The highest BCUT2D eigenvalue weighted by Gasteiger charge is 2.07. The van der Waals surface area contributed by atoms with Gasteiger partial charge in [0.05, 0.1) is 0 Å². The van der Waals surface area contributed by atoms with Crippen LogP contribution in [0.15, 0.2) is 12.3 Å². The Morgan fingerprint density at radius 2 is 2.00 bits per heavy atom. The Hall–Kier alpha value is -0.500. The molecule has 0 aliphatic heterocycles. The van der Waals surface area contributed by atoms with Crippen LogP contribution < -0.4 is 11.3 Å². The van der Waals surface area contributed by atoms with Crippen molar-refractivity contribution in [2.75, 3.05) is 0 Å². The van der Waals surface area contributed by atoms with Crippen molar-refractivity contribution in [3.05, 3.63) is 12.3 Å². The summed E-state index contributed by atoms with van der Waals surface area (Å²) in [6.45, 7) is 10.4. The van der Waals surface area contributed by atoms with Crippen LogP contribution in [-0.4, -0.2) is 0 Å². The van der Waals surface area contributed by atoms with E-state index in [1.54, 1.807) is 0 Å². The van der Waals surface area contributed by atoms with Crippen LogP contribution >= 0.6 is 0 Å². The number of allylic oxidation sites excluding steroid dienone is 1. The highest BCUT2D eigenvalue weighted by Crippen LogP contribution is 2.16. The highest BCUT2D eigenvalue weighted by molar-refractivity contribution is 4.90. The second kappa shape index (κ2) is 4.34. The zero-order valence-corrected chi connectivity index (χ0v) is 7.15. The first-order chi connectivity index (χ1) is 4.57. The fourth-order valence-electron chi connectivity index (χ4n) is 0.683. The lowest BCUT2D eigenvalue weighted by Gasteiger charge is -2.15. The van der Waals surface area contributed by atoms with E-state index in [9.17, 15) is 0 Å². The highest BCUT2D eigenvalue weighted by atomic mass is 15.2. The first-order valence-corrected chi connectivity index (χ1v) is 3.72. The van der Waals surface area contributed by atoms with Gasteiger partial charge in [-0.1, -0.05) is 27.4 Å². The molecule has 3 N–H and O–H groups in total. The molecule has 0 fully saturated rings. The van der Waals surface area contributed by atoms with Gasteiger partial charge in [-0.2, -0.15) is 0 Å². The number of hydrazine groups is 1. The number of hydrogen-bond donors (Lipinski definition) is 2. The summed E-state index contributed by atoms with van der Waals surface area (Å²) in [5, 5.41) is 0. The standard InChI is InChI=1S/C8H18N2/c1-6(2)7(3)5-8(4)10-9/h6-7,10H,4-5,9H2,1-3H3. The average Bonchev–Trinajstić information content (AvgIpc) is 1.87. The van der Waals surface area contributed by atoms with Gasteiger partial charge in [0.25, 0.3) is 0 Å². The van der Waals surface area contributed by atoms with Crippen molar-refractivity contribution in [1.29, 1.82) is 0 Å². The number of rotatable bonds is 4. The molecule has 0 aliphatic carbocycles. The number of nitrogens with two attached hydrogens (primary N) is 1. The third-order valence-corrected chi connectivity index (χ3v) is 1.91. The molecule has 1 atom stereocenters. The predicted molar refractivity (Wildman–Crippen MR) is 45.1 cm³/mol. The maximum Gasteiger partial charge on any atom is 0.0190 e. The normalized spacial score (nSPS) is 13.3. The lowest BCUT2D eigenvalue weighted by molar-refractivity contribution is 0.408. The zero-order valence-electron chi connectivity index (χ0n) is 7.15. The fraction of sp³-hybridized carbons (Fsp3) is 0.750. The van der Waals surface area contributed by atoms with Crippen LogP contribution in [0.1, 0.15) is 27.2 Å². The SMILES string of the molecule is C=C(CC(C)C(C)C)NN. The molecule has 0 aromatic carbocycles. The zero-order chi connectivity index (χ0) is 8.15. The molecule has 0 aromatic rings. The molecular formula is C8H18N2. The van der Waals surface area contributed by atoms with E-state index in [1.807, 2.05) is 0 Å². The van der Waals surface area contributed by atoms with Crippen molar-refractivity contribution >= 4 is 0 Å². The van der Waals surface area contributed by atoms with Gasteiger partial charge in [-0.3, -0.25) is 5.84 Å². The van der Waals surface area contributed by atoms with Crippen molar-refractivity contribution in [1.82, 2.24) is 5.43 Å². The third kappa shape index (κ3) is 3.51. The minimum atomic E-state index is 0.656. The van der Waals surface area contributed by atoms with Crippen molar-refractivity contribution in [2.24, 2.45) is 17.7 Å². The van der Waals surface area contributed by atoms with Crippen LogP contribution in [0.4, 0.5) is 0 Å². The largest absolute Gasteiger partial charge is 0.329 e. The topological polar surface area (TPSA) is 38.0 Å². The summed E-state index contributed by atoms with van der Waals surface area (Å²) in [5.41, 5.74) is 3.47. The van der Waals surface area contributed by atoms with Gasteiger partial charge in [-0.05, 0) is 18.3 Å². The molecule has 0 amide bonds. The summed E-state index contributed by atoms with van der Waals surface area (Å²) in [5.74, 6) is 6.53. The third-order valence-electron chi connectivity index (χ3n) is 1.91. The second-order valence-electron chi connectivity index (χ2n) is 3.17. The van der Waals surface area contributed by atoms with Gasteiger partial charge in [0.2, 0.25) is 0 Å². The van der Waals surface area contributed by atoms with Gasteiger partial charge < -0.3 is 5.43 Å². The fourth-order valence-corrected chi connectivity index (χ4v) is 0.683. The molecule has 0 aromatic heterocycles. The Balaban J connectivity index is 3.57. The first-order valence-electron chi connectivity index (χ1n) is 3.72. The molecule has 0 rings (SSSR count). The average molecular weight is 142 g/mol. The van der Waals surface area contributed by atoms with Crippen molar-refractivity contribution in [2.45, 2.75) is 27.2 Å². The Morgan fingerprint density at radius 3 is 2.30 bits per heavy atom. The van der Waals surface area contributed by atoms with E-state index in [1.165, 1.54) is 0 Å². The quantitative estimate of drug-likeness (QED) is 0.462. The Bertz CT molecular complexity index is 108. The molecule has 60 valence electrons. The van der Waals surface area contributed by atoms with Crippen LogP contribution in [0.3, 0.4) is 0 Å². The first kappa shape index (κ1) is 9.50. The van der Waals surface area contributed by atoms with E-state index in [-0.39, 0.29) is 0 Å². The van der Waals surface area contributed by atoms with Crippen LogP contribution in [0, 0.1) is 11.8 Å². The molecule has 1 unspecified atom stereocenters. The molecular weight excluding hydrogens is 124 g/mol. The Kier molecular flexibility index (Phi) is 4.12. The number of hydrogen-bond acceptors (Lipinski definition) is 2. The van der Waals surface area contributed by atoms with Gasteiger partial charge in [-0.25, -0.2) is 0 Å². The summed E-state index contributed by atoms with van der Waals surface area (Å²) in [6.07, 6.45) is 0.966.